The van der Waals surface area contributed by atoms with Gasteiger partial charge in [0.05, 0.1) is 16.1 Å². The maximum Gasteiger partial charge on any atom is 0.416 e. The molecule has 0 unspecified atom stereocenters. The number of sulfonamides is 1. The number of carbonyl (C=O) groups is 2. The molecule has 1 aliphatic rings. The van der Waals surface area contributed by atoms with Crippen molar-refractivity contribution in [3.63, 3.8) is 0 Å². The molecule has 0 saturated heterocycles. The second-order valence-corrected chi connectivity index (χ2v) is 12.0. The van der Waals surface area contributed by atoms with Gasteiger partial charge in [-0.15, -0.1) is 0 Å². The molecular formula is C30H31F4N3O4S. The number of carbonyl (C=O) groups excluding carboxylic acids is 2. The molecule has 7 nitrogen and oxygen atoms in total. The summed E-state index contributed by atoms with van der Waals surface area (Å²) in [5.74, 6) is -1.78. The average Bonchev–Trinajstić information content (AvgIpc) is 3.48. The van der Waals surface area contributed by atoms with E-state index in [0.717, 1.165) is 42.7 Å². The first-order chi connectivity index (χ1) is 19.9. The fourth-order valence-corrected chi connectivity index (χ4v) is 6.27. The smallest absolute Gasteiger partial charge is 0.352 e. The molecule has 0 aromatic heterocycles. The van der Waals surface area contributed by atoms with Gasteiger partial charge in [0, 0.05) is 12.6 Å². The van der Waals surface area contributed by atoms with Gasteiger partial charge in [0.15, 0.2) is 0 Å². The summed E-state index contributed by atoms with van der Waals surface area (Å²) in [5.41, 5.74) is -0.984. The number of anilines is 1. The Hall–Kier alpha value is -3.93. The zero-order valence-corrected chi connectivity index (χ0v) is 23.7. The quantitative estimate of drug-likeness (QED) is 0.309. The van der Waals surface area contributed by atoms with Crippen molar-refractivity contribution >= 4 is 27.5 Å². The molecule has 0 bridgehead atoms. The molecule has 1 saturated carbocycles. The number of hydrogen-bond acceptors (Lipinski definition) is 4. The van der Waals surface area contributed by atoms with Crippen molar-refractivity contribution < 1.29 is 35.6 Å². The summed E-state index contributed by atoms with van der Waals surface area (Å²) in [4.78, 5) is 28.0. The molecule has 0 heterocycles. The van der Waals surface area contributed by atoms with E-state index in [0.29, 0.717) is 15.9 Å². The third-order valence-electron chi connectivity index (χ3n) is 7.21. The second-order valence-electron chi connectivity index (χ2n) is 10.2. The minimum atomic E-state index is -4.76. The van der Waals surface area contributed by atoms with Crippen molar-refractivity contribution in [1.29, 1.82) is 0 Å². The van der Waals surface area contributed by atoms with Gasteiger partial charge in [-0.2, -0.15) is 13.2 Å². The van der Waals surface area contributed by atoms with Crippen LogP contribution >= 0.6 is 0 Å². The number of nitrogens with zero attached hydrogens (tertiary/aromatic N) is 2. The highest BCUT2D eigenvalue weighted by Gasteiger charge is 2.35. The van der Waals surface area contributed by atoms with Gasteiger partial charge in [-0.05, 0) is 67.8 Å². The van der Waals surface area contributed by atoms with Crippen LogP contribution in [0.1, 0.15) is 43.7 Å². The average molecular weight is 606 g/mol. The van der Waals surface area contributed by atoms with Crippen LogP contribution in [-0.4, -0.2) is 43.8 Å². The molecule has 1 atom stereocenters. The Morgan fingerprint density at radius 2 is 1.60 bits per heavy atom. The monoisotopic (exact) mass is 605 g/mol. The van der Waals surface area contributed by atoms with E-state index in [1.54, 1.807) is 6.07 Å². The van der Waals surface area contributed by atoms with Crippen LogP contribution in [0.15, 0.2) is 83.8 Å². The summed E-state index contributed by atoms with van der Waals surface area (Å²) in [6, 6.07) is 14.9. The Bertz CT molecular complexity index is 1490. The van der Waals surface area contributed by atoms with E-state index < -0.39 is 52.0 Å². The molecule has 3 aromatic carbocycles. The van der Waals surface area contributed by atoms with E-state index in [2.05, 4.69) is 5.32 Å². The molecule has 0 aliphatic heterocycles. The molecule has 1 N–H and O–H groups in total. The van der Waals surface area contributed by atoms with E-state index in [-0.39, 0.29) is 23.2 Å². The highest BCUT2D eigenvalue weighted by Crippen LogP contribution is 2.33. The largest absolute Gasteiger partial charge is 0.416 e. The number of halogens is 4. The van der Waals surface area contributed by atoms with E-state index in [9.17, 15) is 35.6 Å². The lowest BCUT2D eigenvalue weighted by Gasteiger charge is -2.32. The summed E-state index contributed by atoms with van der Waals surface area (Å²) < 4.78 is 82.3. The Labute approximate surface area is 242 Å². The maximum atomic E-state index is 13.9. The van der Waals surface area contributed by atoms with Gasteiger partial charge in [0.2, 0.25) is 11.8 Å². The normalized spacial score (nSPS) is 14.8. The maximum absolute atomic E-state index is 13.9. The van der Waals surface area contributed by atoms with Crippen LogP contribution in [0.5, 0.6) is 0 Å². The molecular weight excluding hydrogens is 574 g/mol. The molecule has 12 heteroatoms. The molecule has 0 radical (unpaired) electrons. The summed E-state index contributed by atoms with van der Waals surface area (Å²) in [5, 5.41) is 2.92. The topological polar surface area (TPSA) is 86.8 Å². The summed E-state index contributed by atoms with van der Waals surface area (Å²) in [6.45, 7) is 0.437. The zero-order chi connectivity index (χ0) is 30.5. The minimum absolute atomic E-state index is 0.0530. The number of hydrogen-bond donors (Lipinski definition) is 1. The van der Waals surface area contributed by atoms with Crippen LogP contribution in [0.3, 0.4) is 0 Å². The van der Waals surface area contributed by atoms with E-state index in [1.807, 2.05) is 0 Å². The highest BCUT2D eigenvalue weighted by molar-refractivity contribution is 7.92. The Balaban J connectivity index is 1.72. The van der Waals surface area contributed by atoms with Gasteiger partial charge in [0.25, 0.3) is 10.0 Å². The summed E-state index contributed by atoms with van der Waals surface area (Å²) in [6.07, 6.45) is -1.25. The lowest BCUT2D eigenvalue weighted by molar-refractivity contribution is -0.139. The molecule has 2 amide bonds. The third-order valence-corrected chi connectivity index (χ3v) is 8.99. The van der Waals surface area contributed by atoms with Gasteiger partial charge in [-0.3, -0.25) is 13.9 Å². The number of amides is 2. The standard InChI is InChI=1S/C30H31F4N3O4S/c1-21(29(39)35-25-9-5-6-10-25)36(19-22-14-16-24(31)17-15-22)28(38)20-37(42(40,41)27-12-3-2-4-13-27)26-11-7-8-23(18-26)30(32,33)34/h2-4,7-8,11-18,21,25H,5-6,9-10,19-20H2,1H3,(H,35,39)/t21-/m1/s1. The molecule has 224 valence electrons. The second kappa shape index (κ2) is 12.9. The fraction of sp³-hybridized carbons (Fsp3) is 0.333. The molecule has 1 fully saturated rings. The minimum Gasteiger partial charge on any atom is -0.352 e. The van der Waals surface area contributed by atoms with Crippen LogP contribution in [0, 0.1) is 5.82 Å². The Morgan fingerprint density at radius 3 is 2.21 bits per heavy atom. The Morgan fingerprint density at radius 1 is 0.952 bits per heavy atom. The fourth-order valence-electron chi connectivity index (χ4n) is 4.85. The number of benzene rings is 3. The first-order valence-electron chi connectivity index (χ1n) is 13.5. The SMILES string of the molecule is C[C@H](C(=O)NC1CCCC1)N(Cc1ccc(F)cc1)C(=O)CN(c1cccc(C(F)(F)F)c1)S(=O)(=O)c1ccccc1. The van der Waals surface area contributed by atoms with Crippen molar-refractivity contribution in [2.24, 2.45) is 0 Å². The molecule has 4 rings (SSSR count). The van der Waals surface area contributed by atoms with Gasteiger partial charge >= 0.3 is 6.18 Å². The van der Waals surface area contributed by atoms with Crippen molar-refractivity contribution in [3.8, 4) is 0 Å². The van der Waals surface area contributed by atoms with Gasteiger partial charge < -0.3 is 10.2 Å². The predicted molar refractivity (Wildman–Crippen MR) is 149 cm³/mol. The molecule has 3 aromatic rings. The Kier molecular flexibility index (Phi) is 9.55. The van der Waals surface area contributed by atoms with Gasteiger partial charge in [0.1, 0.15) is 18.4 Å². The van der Waals surface area contributed by atoms with Gasteiger partial charge in [-0.25, -0.2) is 12.8 Å². The van der Waals surface area contributed by atoms with Gasteiger partial charge in [-0.1, -0.05) is 49.2 Å². The lowest BCUT2D eigenvalue weighted by atomic mass is 10.1. The number of nitrogens with one attached hydrogen (secondary N) is 1. The van der Waals surface area contributed by atoms with Crippen LogP contribution in [0.2, 0.25) is 0 Å². The van der Waals surface area contributed by atoms with Crippen molar-refractivity contribution in [1.82, 2.24) is 10.2 Å². The molecule has 0 spiro atoms. The van der Waals surface area contributed by atoms with Crippen LogP contribution in [0.25, 0.3) is 0 Å². The van der Waals surface area contributed by atoms with Crippen molar-refractivity contribution in [3.05, 3.63) is 95.8 Å². The third kappa shape index (κ3) is 7.47. The number of rotatable bonds is 10. The lowest BCUT2D eigenvalue weighted by Crippen LogP contribution is -2.52. The first-order valence-corrected chi connectivity index (χ1v) is 14.9. The van der Waals surface area contributed by atoms with Crippen molar-refractivity contribution in [2.45, 2.75) is 62.3 Å². The van der Waals surface area contributed by atoms with E-state index >= 15 is 0 Å². The van der Waals surface area contributed by atoms with E-state index in [4.69, 9.17) is 0 Å². The predicted octanol–water partition coefficient (Wildman–Crippen LogP) is 5.52. The molecule has 42 heavy (non-hydrogen) atoms. The summed E-state index contributed by atoms with van der Waals surface area (Å²) >= 11 is 0. The van der Waals surface area contributed by atoms with E-state index in [1.165, 1.54) is 61.5 Å². The summed E-state index contributed by atoms with van der Waals surface area (Å²) in [7, 11) is -4.52. The zero-order valence-electron chi connectivity index (χ0n) is 22.9. The van der Waals surface area contributed by atoms with Crippen LogP contribution < -0.4 is 9.62 Å². The van der Waals surface area contributed by atoms with Crippen LogP contribution in [0.4, 0.5) is 23.2 Å². The van der Waals surface area contributed by atoms with Crippen LogP contribution in [-0.2, 0) is 32.3 Å². The highest BCUT2D eigenvalue weighted by atomic mass is 32.2. The van der Waals surface area contributed by atoms with Crippen molar-refractivity contribution in [2.75, 3.05) is 10.8 Å². The first kappa shape index (κ1) is 31.0. The molecule has 1 aliphatic carbocycles. The number of alkyl halides is 3.